The van der Waals surface area contributed by atoms with Gasteiger partial charge >= 0.3 is 0 Å². The third-order valence-corrected chi connectivity index (χ3v) is 3.68. The van der Waals surface area contributed by atoms with Crippen LogP contribution >= 0.6 is 23.2 Å². The fraction of sp³-hybridized carbons (Fsp3) is 0.333. The summed E-state index contributed by atoms with van der Waals surface area (Å²) < 4.78 is 0. The van der Waals surface area contributed by atoms with Gasteiger partial charge in [-0.1, -0.05) is 23.2 Å². The molecule has 1 fully saturated rings. The number of nitrogens with two attached hydrogens (primary N) is 1. The summed E-state index contributed by atoms with van der Waals surface area (Å²) in [6.07, 6.45) is 0.277. The van der Waals surface area contributed by atoms with Crippen LogP contribution < -0.4 is 11.1 Å². The Morgan fingerprint density at radius 3 is 2.79 bits per heavy atom. The van der Waals surface area contributed by atoms with Gasteiger partial charge in [-0.05, 0) is 12.1 Å². The van der Waals surface area contributed by atoms with Gasteiger partial charge in [-0.3, -0.25) is 9.59 Å². The Hall–Kier alpha value is -1.46. The Kier molecular flexibility index (Phi) is 4.17. The van der Waals surface area contributed by atoms with Gasteiger partial charge in [0.2, 0.25) is 5.91 Å². The molecule has 1 heterocycles. The number of halogens is 2. The summed E-state index contributed by atoms with van der Waals surface area (Å²) in [5.74, 6) is -0.331. The maximum atomic E-state index is 12.4. The first-order valence-corrected chi connectivity index (χ1v) is 6.55. The average Bonchev–Trinajstić information content (AvgIpc) is 2.58. The fourth-order valence-corrected chi connectivity index (χ4v) is 2.32. The molecule has 1 aromatic rings. The highest BCUT2D eigenvalue weighted by Gasteiger charge is 2.22. The van der Waals surface area contributed by atoms with Crippen molar-refractivity contribution in [2.45, 2.75) is 6.42 Å². The van der Waals surface area contributed by atoms with Gasteiger partial charge in [0.15, 0.2) is 0 Å². The lowest BCUT2D eigenvalue weighted by Crippen LogP contribution is -2.34. The van der Waals surface area contributed by atoms with Gasteiger partial charge in [0.1, 0.15) is 0 Å². The van der Waals surface area contributed by atoms with Gasteiger partial charge in [-0.25, -0.2) is 0 Å². The number of hydrogen-bond donors (Lipinski definition) is 2. The van der Waals surface area contributed by atoms with E-state index in [0.29, 0.717) is 25.3 Å². The Morgan fingerprint density at radius 2 is 2.05 bits per heavy atom. The van der Waals surface area contributed by atoms with Gasteiger partial charge in [0, 0.05) is 31.7 Å². The van der Waals surface area contributed by atoms with Crippen molar-refractivity contribution >= 4 is 40.7 Å². The number of amides is 2. The van der Waals surface area contributed by atoms with Crippen molar-refractivity contribution in [3.8, 4) is 0 Å². The number of rotatable bonds is 1. The van der Waals surface area contributed by atoms with Crippen molar-refractivity contribution in [1.82, 2.24) is 10.2 Å². The molecule has 2 rings (SSSR count). The highest BCUT2D eigenvalue weighted by Crippen LogP contribution is 2.29. The van der Waals surface area contributed by atoms with Crippen molar-refractivity contribution in [2.75, 3.05) is 25.4 Å². The molecule has 0 spiro atoms. The molecule has 0 saturated carbocycles. The van der Waals surface area contributed by atoms with Crippen molar-refractivity contribution in [1.29, 1.82) is 0 Å². The maximum absolute atomic E-state index is 12.4. The van der Waals surface area contributed by atoms with E-state index in [4.69, 9.17) is 28.9 Å². The number of anilines is 1. The lowest BCUT2D eigenvalue weighted by molar-refractivity contribution is -0.120. The molecular formula is C12H13Cl2N3O2. The van der Waals surface area contributed by atoms with Crippen LogP contribution in [0.25, 0.3) is 0 Å². The van der Waals surface area contributed by atoms with Crippen LogP contribution in [0.15, 0.2) is 12.1 Å². The third kappa shape index (κ3) is 3.11. The van der Waals surface area contributed by atoms with E-state index in [1.165, 1.54) is 12.1 Å². The molecule has 2 amide bonds. The van der Waals surface area contributed by atoms with E-state index in [-0.39, 0.29) is 33.8 Å². The zero-order valence-corrected chi connectivity index (χ0v) is 11.6. The van der Waals surface area contributed by atoms with Gasteiger partial charge in [0.05, 0.1) is 15.6 Å². The van der Waals surface area contributed by atoms with E-state index in [2.05, 4.69) is 5.32 Å². The molecule has 1 aromatic carbocycles. The number of hydrogen-bond acceptors (Lipinski definition) is 3. The van der Waals surface area contributed by atoms with Crippen molar-refractivity contribution in [3.05, 3.63) is 27.7 Å². The van der Waals surface area contributed by atoms with Crippen LogP contribution in [0.2, 0.25) is 10.0 Å². The van der Waals surface area contributed by atoms with Gasteiger partial charge in [0.25, 0.3) is 5.91 Å². The summed E-state index contributed by atoms with van der Waals surface area (Å²) in [4.78, 5) is 25.2. The number of carbonyl (C=O) groups is 2. The summed E-state index contributed by atoms with van der Waals surface area (Å²) in [7, 11) is 0. The van der Waals surface area contributed by atoms with Crippen molar-refractivity contribution < 1.29 is 9.59 Å². The minimum atomic E-state index is -0.268. The van der Waals surface area contributed by atoms with Crippen LogP contribution in [0.3, 0.4) is 0 Å². The lowest BCUT2D eigenvalue weighted by Gasteiger charge is -2.20. The van der Waals surface area contributed by atoms with E-state index in [0.717, 1.165) is 0 Å². The molecule has 0 aliphatic carbocycles. The molecule has 19 heavy (non-hydrogen) atoms. The molecule has 0 bridgehead atoms. The Labute approximate surface area is 120 Å². The molecule has 7 heteroatoms. The number of benzene rings is 1. The zero-order valence-electron chi connectivity index (χ0n) is 10.1. The Balaban J connectivity index is 2.26. The van der Waals surface area contributed by atoms with Gasteiger partial charge < -0.3 is 16.0 Å². The van der Waals surface area contributed by atoms with Crippen LogP contribution in [0.5, 0.6) is 0 Å². The lowest BCUT2D eigenvalue weighted by atomic mass is 10.1. The highest BCUT2D eigenvalue weighted by atomic mass is 35.5. The molecule has 102 valence electrons. The summed E-state index contributed by atoms with van der Waals surface area (Å²) in [6.45, 7) is 1.22. The normalized spacial score (nSPS) is 15.9. The number of carbonyl (C=O) groups excluding carboxylic acids is 2. The summed E-state index contributed by atoms with van der Waals surface area (Å²) >= 11 is 11.9. The Morgan fingerprint density at radius 1 is 1.32 bits per heavy atom. The molecule has 1 aliphatic heterocycles. The van der Waals surface area contributed by atoms with Crippen LogP contribution in [0, 0.1) is 0 Å². The number of nitrogens with zero attached hydrogens (tertiary/aromatic N) is 1. The SMILES string of the molecule is Nc1cc(Cl)c(Cl)c(C(=O)N2CCNC(=O)CC2)c1. The average molecular weight is 302 g/mol. The van der Waals surface area contributed by atoms with E-state index >= 15 is 0 Å². The van der Waals surface area contributed by atoms with Crippen LogP contribution in [-0.2, 0) is 4.79 Å². The predicted molar refractivity (Wildman–Crippen MR) is 74.4 cm³/mol. The molecular weight excluding hydrogens is 289 g/mol. The number of nitrogens with one attached hydrogen (secondary N) is 1. The third-order valence-electron chi connectivity index (χ3n) is 2.88. The number of nitrogen functional groups attached to an aromatic ring is 1. The molecule has 0 atom stereocenters. The van der Waals surface area contributed by atoms with Crippen LogP contribution in [0.1, 0.15) is 16.8 Å². The summed E-state index contributed by atoms with van der Waals surface area (Å²) in [5.41, 5.74) is 6.31. The minimum Gasteiger partial charge on any atom is -0.399 e. The molecule has 3 N–H and O–H groups in total. The molecule has 0 unspecified atom stereocenters. The fourth-order valence-electron chi connectivity index (χ4n) is 1.91. The van der Waals surface area contributed by atoms with Crippen LogP contribution in [-0.4, -0.2) is 36.3 Å². The molecule has 0 radical (unpaired) electrons. The van der Waals surface area contributed by atoms with E-state index in [1.54, 1.807) is 4.90 Å². The van der Waals surface area contributed by atoms with Gasteiger partial charge in [-0.15, -0.1) is 0 Å². The molecule has 5 nitrogen and oxygen atoms in total. The monoisotopic (exact) mass is 301 g/mol. The summed E-state index contributed by atoms with van der Waals surface area (Å²) in [6, 6.07) is 2.99. The first-order valence-electron chi connectivity index (χ1n) is 5.79. The van der Waals surface area contributed by atoms with E-state index in [9.17, 15) is 9.59 Å². The second kappa shape index (κ2) is 5.67. The second-order valence-corrected chi connectivity index (χ2v) is 5.04. The van der Waals surface area contributed by atoms with Gasteiger partial charge in [-0.2, -0.15) is 0 Å². The minimum absolute atomic E-state index is 0.0630. The standard InChI is InChI=1S/C12H13Cl2N3O2/c13-9-6-7(15)5-8(11(9)14)12(19)17-3-1-10(18)16-2-4-17/h5-6H,1-4,15H2,(H,16,18). The van der Waals surface area contributed by atoms with Crippen molar-refractivity contribution in [3.63, 3.8) is 0 Å². The quantitative estimate of drug-likeness (QED) is 0.773. The zero-order chi connectivity index (χ0) is 14.0. The van der Waals surface area contributed by atoms with E-state index < -0.39 is 0 Å². The topological polar surface area (TPSA) is 75.4 Å². The first-order chi connectivity index (χ1) is 8.99. The Bertz CT molecular complexity index is 534. The predicted octanol–water partition coefficient (Wildman–Crippen LogP) is 1.54. The smallest absolute Gasteiger partial charge is 0.255 e. The molecule has 1 saturated heterocycles. The summed E-state index contributed by atoms with van der Waals surface area (Å²) in [5, 5.41) is 3.13. The highest BCUT2D eigenvalue weighted by molar-refractivity contribution is 6.44. The largest absolute Gasteiger partial charge is 0.399 e. The van der Waals surface area contributed by atoms with Crippen molar-refractivity contribution in [2.24, 2.45) is 0 Å². The second-order valence-electron chi connectivity index (χ2n) is 4.26. The molecule has 0 aromatic heterocycles. The maximum Gasteiger partial charge on any atom is 0.255 e. The van der Waals surface area contributed by atoms with Crippen LogP contribution in [0.4, 0.5) is 5.69 Å². The first kappa shape index (κ1) is 14.0. The molecule has 1 aliphatic rings. The van der Waals surface area contributed by atoms with E-state index in [1.807, 2.05) is 0 Å².